The van der Waals surface area contributed by atoms with Crippen molar-refractivity contribution in [1.82, 2.24) is 0 Å². The van der Waals surface area contributed by atoms with Gasteiger partial charge in [0.1, 0.15) is 5.82 Å². The molecule has 1 unspecified atom stereocenters. The maximum atomic E-state index is 13.1. The molecule has 0 aliphatic rings. The molecule has 1 amide bonds. The molecule has 110 valence electrons. The average molecular weight is 324 g/mol. The van der Waals surface area contributed by atoms with Crippen molar-refractivity contribution in [1.29, 1.82) is 0 Å². The van der Waals surface area contributed by atoms with E-state index in [1.807, 2.05) is 31.2 Å². The second-order valence-electron chi connectivity index (χ2n) is 4.69. The third kappa shape index (κ3) is 4.48. The quantitative estimate of drug-likeness (QED) is 0.810. The molecule has 0 aliphatic heterocycles. The minimum atomic E-state index is -0.460. The Morgan fingerprint density at radius 1 is 1.29 bits per heavy atom. The van der Waals surface area contributed by atoms with E-state index in [-0.39, 0.29) is 16.2 Å². The minimum absolute atomic E-state index is 0.0614. The first-order chi connectivity index (χ1) is 9.95. The van der Waals surface area contributed by atoms with E-state index in [0.717, 1.165) is 16.1 Å². The van der Waals surface area contributed by atoms with Crippen LogP contribution in [-0.4, -0.2) is 11.2 Å². The first-order valence-corrected chi connectivity index (χ1v) is 7.70. The van der Waals surface area contributed by atoms with E-state index >= 15 is 0 Å². The maximum absolute atomic E-state index is 13.1. The fourth-order valence-electron chi connectivity index (χ4n) is 1.77. The number of benzene rings is 2. The molecule has 2 aromatic carbocycles. The van der Waals surface area contributed by atoms with Gasteiger partial charge in [-0.3, -0.25) is 4.79 Å². The molecule has 0 bridgehead atoms. The van der Waals surface area contributed by atoms with E-state index in [9.17, 15) is 9.18 Å². The average Bonchev–Trinajstić information content (AvgIpc) is 2.43. The third-order valence-electron chi connectivity index (χ3n) is 2.86. The zero-order valence-corrected chi connectivity index (χ0v) is 13.3. The van der Waals surface area contributed by atoms with Gasteiger partial charge in [-0.15, -0.1) is 11.8 Å². The first-order valence-electron chi connectivity index (χ1n) is 6.45. The lowest BCUT2D eigenvalue weighted by Crippen LogP contribution is -2.22. The summed E-state index contributed by atoms with van der Waals surface area (Å²) in [7, 11) is 0. The molecular formula is C16H15ClFNOS. The van der Waals surface area contributed by atoms with Crippen LogP contribution in [0.1, 0.15) is 12.5 Å². The van der Waals surface area contributed by atoms with Crippen LogP contribution in [0.4, 0.5) is 10.1 Å². The van der Waals surface area contributed by atoms with Gasteiger partial charge in [-0.05, 0) is 49.7 Å². The highest BCUT2D eigenvalue weighted by Crippen LogP contribution is 2.28. The van der Waals surface area contributed by atoms with Gasteiger partial charge < -0.3 is 5.32 Å². The van der Waals surface area contributed by atoms with Crippen LogP contribution in [0, 0.1) is 12.7 Å². The van der Waals surface area contributed by atoms with Crippen LogP contribution in [0.25, 0.3) is 0 Å². The molecule has 0 saturated heterocycles. The zero-order chi connectivity index (χ0) is 15.4. The van der Waals surface area contributed by atoms with Crippen LogP contribution in [0.5, 0.6) is 0 Å². The fourth-order valence-corrected chi connectivity index (χ4v) is 2.93. The van der Waals surface area contributed by atoms with E-state index in [0.29, 0.717) is 0 Å². The molecule has 2 aromatic rings. The summed E-state index contributed by atoms with van der Waals surface area (Å²) < 4.78 is 13.1. The second-order valence-corrected chi connectivity index (χ2v) is 6.52. The van der Waals surface area contributed by atoms with Gasteiger partial charge in [-0.25, -0.2) is 4.39 Å². The molecule has 2 rings (SSSR count). The van der Waals surface area contributed by atoms with E-state index in [1.165, 1.54) is 23.9 Å². The maximum Gasteiger partial charge on any atom is 0.237 e. The summed E-state index contributed by atoms with van der Waals surface area (Å²) >= 11 is 7.07. The van der Waals surface area contributed by atoms with Gasteiger partial charge in [-0.2, -0.15) is 0 Å². The summed E-state index contributed by atoms with van der Waals surface area (Å²) in [5.41, 5.74) is 1.85. The lowest BCUT2D eigenvalue weighted by molar-refractivity contribution is -0.115. The smallest absolute Gasteiger partial charge is 0.237 e. The number of aryl methyl sites for hydroxylation is 1. The van der Waals surface area contributed by atoms with E-state index in [2.05, 4.69) is 5.32 Å². The number of carbonyl (C=O) groups excluding carboxylic acids is 1. The Hall–Kier alpha value is -1.52. The summed E-state index contributed by atoms with van der Waals surface area (Å²) in [6, 6.07) is 12.0. The molecule has 0 aromatic heterocycles. The predicted molar refractivity (Wildman–Crippen MR) is 86.5 cm³/mol. The van der Waals surface area contributed by atoms with E-state index < -0.39 is 5.82 Å². The van der Waals surface area contributed by atoms with Crippen molar-refractivity contribution in [3.8, 4) is 0 Å². The number of amides is 1. The summed E-state index contributed by atoms with van der Waals surface area (Å²) in [4.78, 5) is 12.9. The van der Waals surface area contributed by atoms with Crippen LogP contribution in [0.3, 0.4) is 0 Å². The Bertz CT molecular complexity index is 662. The summed E-state index contributed by atoms with van der Waals surface area (Å²) in [5, 5.41) is 2.61. The van der Waals surface area contributed by atoms with Gasteiger partial charge in [0.05, 0.1) is 10.3 Å². The Kier molecular flexibility index (Phi) is 5.26. The minimum Gasteiger partial charge on any atom is -0.325 e. The summed E-state index contributed by atoms with van der Waals surface area (Å²) in [6.07, 6.45) is 0. The summed E-state index contributed by atoms with van der Waals surface area (Å²) in [5.74, 6) is -0.566. The number of anilines is 1. The Balaban J connectivity index is 2.00. The number of halogens is 2. The molecule has 0 heterocycles. The van der Waals surface area contributed by atoms with Crippen LogP contribution in [-0.2, 0) is 4.79 Å². The van der Waals surface area contributed by atoms with Gasteiger partial charge in [0.15, 0.2) is 0 Å². The van der Waals surface area contributed by atoms with Crippen molar-refractivity contribution in [2.45, 2.75) is 24.0 Å². The summed E-state index contributed by atoms with van der Waals surface area (Å²) in [6.45, 7) is 3.77. The van der Waals surface area contributed by atoms with Crippen LogP contribution in [0.15, 0.2) is 47.4 Å². The van der Waals surface area contributed by atoms with E-state index in [1.54, 1.807) is 13.0 Å². The number of thioether (sulfide) groups is 1. The molecule has 0 saturated carbocycles. The van der Waals surface area contributed by atoms with Gasteiger partial charge in [0.2, 0.25) is 5.91 Å². The molecular weight excluding hydrogens is 309 g/mol. The Morgan fingerprint density at radius 2 is 2.05 bits per heavy atom. The van der Waals surface area contributed by atoms with Crippen LogP contribution >= 0.6 is 23.4 Å². The van der Waals surface area contributed by atoms with Crippen LogP contribution < -0.4 is 5.32 Å². The van der Waals surface area contributed by atoms with Crippen molar-refractivity contribution in [3.05, 3.63) is 58.9 Å². The highest BCUT2D eigenvalue weighted by molar-refractivity contribution is 8.00. The number of rotatable bonds is 4. The molecule has 5 heteroatoms. The number of hydrogen-bond donors (Lipinski definition) is 1. The standard InChI is InChI=1S/C16H15ClFNOS/c1-10-4-3-5-12(8-10)19-16(20)11(2)21-13-6-7-15(18)14(17)9-13/h3-9,11H,1-2H3,(H,19,20). The van der Waals surface area contributed by atoms with Gasteiger partial charge in [0.25, 0.3) is 0 Å². The number of hydrogen-bond acceptors (Lipinski definition) is 2. The lowest BCUT2D eigenvalue weighted by atomic mass is 10.2. The van der Waals surface area contributed by atoms with Gasteiger partial charge in [0, 0.05) is 10.6 Å². The number of nitrogens with one attached hydrogen (secondary N) is 1. The largest absolute Gasteiger partial charge is 0.325 e. The van der Waals surface area contributed by atoms with E-state index in [4.69, 9.17) is 11.6 Å². The van der Waals surface area contributed by atoms with Gasteiger partial charge >= 0.3 is 0 Å². The molecule has 2 nitrogen and oxygen atoms in total. The van der Waals surface area contributed by atoms with Crippen molar-refractivity contribution in [3.63, 3.8) is 0 Å². The molecule has 0 aliphatic carbocycles. The van der Waals surface area contributed by atoms with Crippen molar-refractivity contribution < 1.29 is 9.18 Å². The Labute approximate surface area is 132 Å². The van der Waals surface area contributed by atoms with Crippen molar-refractivity contribution in [2.24, 2.45) is 0 Å². The fraction of sp³-hybridized carbons (Fsp3) is 0.188. The topological polar surface area (TPSA) is 29.1 Å². The SMILES string of the molecule is Cc1cccc(NC(=O)C(C)Sc2ccc(F)c(Cl)c2)c1. The molecule has 21 heavy (non-hydrogen) atoms. The predicted octanol–water partition coefficient (Wildman–Crippen LogP) is 4.91. The van der Waals surface area contributed by atoms with Crippen molar-refractivity contribution in [2.75, 3.05) is 5.32 Å². The first kappa shape index (κ1) is 15.9. The second kappa shape index (κ2) is 6.96. The monoisotopic (exact) mass is 323 g/mol. The molecule has 0 radical (unpaired) electrons. The number of carbonyl (C=O) groups is 1. The van der Waals surface area contributed by atoms with Gasteiger partial charge in [-0.1, -0.05) is 23.7 Å². The zero-order valence-electron chi connectivity index (χ0n) is 11.7. The third-order valence-corrected chi connectivity index (χ3v) is 4.24. The molecule has 1 N–H and O–H groups in total. The lowest BCUT2D eigenvalue weighted by Gasteiger charge is -2.12. The molecule has 0 spiro atoms. The Morgan fingerprint density at radius 3 is 2.71 bits per heavy atom. The molecule has 1 atom stereocenters. The normalized spacial score (nSPS) is 12.0. The van der Waals surface area contributed by atoms with Crippen molar-refractivity contribution >= 4 is 35.0 Å². The molecule has 0 fully saturated rings. The van der Waals surface area contributed by atoms with Crippen LogP contribution in [0.2, 0.25) is 5.02 Å². The highest BCUT2D eigenvalue weighted by Gasteiger charge is 2.15. The highest BCUT2D eigenvalue weighted by atomic mass is 35.5.